The van der Waals surface area contributed by atoms with Crippen molar-refractivity contribution in [2.24, 2.45) is 0 Å². The van der Waals surface area contributed by atoms with Crippen molar-refractivity contribution in [3.05, 3.63) is 188 Å². The molecule has 8 aromatic carbocycles. The molecule has 1 aromatic heterocycles. The van der Waals surface area contributed by atoms with Crippen LogP contribution in [0.1, 0.15) is 0 Å². The van der Waals surface area contributed by atoms with Gasteiger partial charge in [-0.1, -0.05) is 115 Å². The average molecular weight is 658 g/mol. The van der Waals surface area contributed by atoms with Crippen molar-refractivity contribution in [1.29, 1.82) is 0 Å². The number of rotatable bonds is 5. The van der Waals surface area contributed by atoms with Crippen LogP contribution in [0.3, 0.4) is 0 Å². The molecule has 0 N–H and O–H groups in total. The molecule has 1 aliphatic rings. The molecule has 50 heavy (non-hydrogen) atoms. The molecule has 0 spiro atoms. The molecule has 0 unspecified atom stereocenters. The van der Waals surface area contributed by atoms with E-state index >= 15 is 0 Å². The lowest BCUT2D eigenvalue weighted by atomic mass is 10.1. The maximum absolute atomic E-state index is 2.41. The largest absolute Gasteiger partial charge is 0.310 e. The smallest absolute Gasteiger partial charge is 0.0601 e. The summed E-state index contributed by atoms with van der Waals surface area (Å²) in [7, 11) is 0. The quantitative estimate of drug-likeness (QED) is 0.183. The lowest BCUT2D eigenvalue weighted by molar-refractivity contribution is 1.15. The van der Waals surface area contributed by atoms with Crippen LogP contribution in [0.5, 0.6) is 0 Å². The normalized spacial score (nSPS) is 12.3. The number of fused-ring (bicyclic) bond motifs is 6. The lowest BCUT2D eigenvalue weighted by Crippen LogP contribution is -2.14. The van der Waals surface area contributed by atoms with Crippen molar-refractivity contribution in [3.63, 3.8) is 0 Å². The summed E-state index contributed by atoms with van der Waals surface area (Å²) < 4.78 is 2.41. The van der Waals surface area contributed by atoms with Crippen molar-refractivity contribution in [3.8, 4) is 5.69 Å². The van der Waals surface area contributed by atoms with E-state index in [1.54, 1.807) is 0 Å². The Balaban J connectivity index is 1.15. The number of aromatic nitrogens is 1. The second-order valence-corrected chi connectivity index (χ2v) is 13.7. The third-order valence-corrected chi connectivity index (χ3v) is 10.9. The van der Waals surface area contributed by atoms with Crippen molar-refractivity contribution < 1.29 is 0 Å². The molecule has 0 bridgehead atoms. The molecule has 9 aromatic rings. The minimum atomic E-state index is 1.11. The van der Waals surface area contributed by atoms with Gasteiger partial charge in [0.15, 0.2) is 0 Å². The number of benzene rings is 8. The Morgan fingerprint density at radius 2 is 1.00 bits per heavy atom. The summed E-state index contributed by atoms with van der Waals surface area (Å²) in [4.78, 5) is 7.30. The van der Waals surface area contributed by atoms with Gasteiger partial charge >= 0.3 is 0 Å². The van der Waals surface area contributed by atoms with Gasteiger partial charge < -0.3 is 14.4 Å². The van der Waals surface area contributed by atoms with Crippen LogP contribution in [-0.2, 0) is 0 Å². The fourth-order valence-electron chi connectivity index (χ4n) is 7.52. The molecular weight excluding hydrogens is 627 g/mol. The Morgan fingerprint density at radius 1 is 0.400 bits per heavy atom. The van der Waals surface area contributed by atoms with Gasteiger partial charge in [0, 0.05) is 48.7 Å². The van der Waals surface area contributed by atoms with Crippen LogP contribution < -0.4 is 9.80 Å². The van der Waals surface area contributed by atoms with Crippen molar-refractivity contribution >= 4 is 78.5 Å². The summed E-state index contributed by atoms with van der Waals surface area (Å²) >= 11 is 1.84. The highest BCUT2D eigenvalue weighted by Crippen LogP contribution is 2.51. The van der Waals surface area contributed by atoms with Crippen LogP contribution in [0.4, 0.5) is 34.1 Å². The number of hydrogen-bond donors (Lipinski definition) is 0. The lowest BCUT2D eigenvalue weighted by Gasteiger charge is -2.32. The topological polar surface area (TPSA) is 11.4 Å². The van der Waals surface area contributed by atoms with Crippen LogP contribution in [-0.4, -0.2) is 4.57 Å². The van der Waals surface area contributed by atoms with E-state index in [0.29, 0.717) is 0 Å². The fourth-order valence-corrected chi connectivity index (χ4v) is 8.58. The number of anilines is 6. The van der Waals surface area contributed by atoms with Gasteiger partial charge in [0.1, 0.15) is 0 Å². The maximum Gasteiger partial charge on any atom is 0.0601 e. The van der Waals surface area contributed by atoms with Gasteiger partial charge in [0.25, 0.3) is 0 Å². The molecule has 0 fully saturated rings. The van der Waals surface area contributed by atoms with Crippen LogP contribution in [0.2, 0.25) is 0 Å². The first-order valence-electron chi connectivity index (χ1n) is 16.9. The predicted octanol–water partition coefficient (Wildman–Crippen LogP) is 13.3. The van der Waals surface area contributed by atoms with Crippen LogP contribution in [0.25, 0.3) is 38.3 Å². The zero-order chi connectivity index (χ0) is 33.0. The van der Waals surface area contributed by atoms with Gasteiger partial charge in [-0.2, -0.15) is 0 Å². The van der Waals surface area contributed by atoms with E-state index in [4.69, 9.17) is 0 Å². The Hall–Kier alpha value is -6.23. The molecule has 0 atom stereocenters. The highest BCUT2D eigenvalue weighted by Gasteiger charge is 2.25. The fraction of sp³-hybridized carbons (Fsp3) is 0. The highest BCUT2D eigenvalue weighted by molar-refractivity contribution is 7.99. The predicted molar refractivity (Wildman–Crippen MR) is 212 cm³/mol. The Labute approximate surface area is 295 Å². The first-order chi connectivity index (χ1) is 24.8. The number of hydrogen-bond acceptors (Lipinski definition) is 3. The van der Waals surface area contributed by atoms with Gasteiger partial charge in [-0.05, 0) is 90.3 Å². The summed E-state index contributed by atoms with van der Waals surface area (Å²) in [6.07, 6.45) is 0. The molecular formula is C46H31N3S. The molecule has 10 rings (SSSR count). The first-order valence-corrected chi connectivity index (χ1v) is 17.8. The number of para-hydroxylation sites is 4. The van der Waals surface area contributed by atoms with Crippen LogP contribution >= 0.6 is 11.8 Å². The van der Waals surface area contributed by atoms with E-state index in [-0.39, 0.29) is 0 Å². The summed E-state index contributed by atoms with van der Waals surface area (Å²) in [6.45, 7) is 0. The Morgan fingerprint density at radius 3 is 1.78 bits per heavy atom. The monoisotopic (exact) mass is 657 g/mol. The minimum absolute atomic E-state index is 1.11. The molecule has 3 nitrogen and oxygen atoms in total. The van der Waals surface area contributed by atoms with Crippen molar-refractivity contribution in [2.45, 2.75) is 9.79 Å². The van der Waals surface area contributed by atoms with Crippen LogP contribution in [0.15, 0.2) is 198 Å². The average Bonchev–Trinajstić information content (AvgIpc) is 3.51. The SMILES string of the molecule is c1ccc(N(c2ccc3c4ccccc4n(-c4ccc(N5c6ccccc6Sc6ccccc65)cc4)c3c2)c2cccc3ccccc23)cc1. The van der Waals surface area contributed by atoms with Crippen molar-refractivity contribution in [1.82, 2.24) is 4.57 Å². The Kier molecular flexibility index (Phi) is 6.74. The van der Waals surface area contributed by atoms with Gasteiger partial charge in [-0.25, -0.2) is 0 Å². The third kappa shape index (κ3) is 4.61. The maximum atomic E-state index is 2.41. The summed E-state index contributed by atoms with van der Waals surface area (Å²) in [5.74, 6) is 0. The molecule has 236 valence electrons. The molecule has 0 radical (unpaired) electrons. The second-order valence-electron chi connectivity index (χ2n) is 12.6. The summed E-state index contributed by atoms with van der Waals surface area (Å²) in [5, 5.41) is 4.91. The van der Waals surface area contributed by atoms with E-state index < -0.39 is 0 Å². The van der Waals surface area contributed by atoms with Gasteiger partial charge in [0.2, 0.25) is 0 Å². The molecule has 2 heterocycles. The second kappa shape index (κ2) is 11.7. The molecule has 0 saturated carbocycles. The highest BCUT2D eigenvalue weighted by atomic mass is 32.2. The van der Waals surface area contributed by atoms with E-state index in [9.17, 15) is 0 Å². The Bertz CT molecular complexity index is 2640. The van der Waals surface area contributed by atoms with Crippen molar-refractivity contribution in [2.75, 3.05) is 9.80 Å². The molecule has 0 saturated heterocycles. The molecule has 4 heteroatoms. The van der Waals surface area contributed by atoms with E-state index in [1.165, 1.54) is 53.7 Å². The molecule has 0 amide bonds. The third-order valence-electron chi connectivity index (χ3n) is 9.74. The summed E-state index contributed by atoms with van der Waals surface area (Å²) in [6, 6.07) is 67.9. The van der Waals surface area contributed by atoms with Gasteiger partial charge in [0.05, 0.1) is 28.1 Å². The molecule has 0 aliphatic carbocycles. The zero-order valence-electron chi connectivity index (χ0n) is 27.1. The van der Waals surface area contributed by atoms with Gasteiger partial charge in [-0.15, -0.1) is 0 Å². The zero-order valence-corrected chi connectivity index (χ0v) is 28.0. The van der Waals surface area contributed by atoms with E-state index in [2.05, 4.69) is 202 Å². The van der Waals surface area contributed by atoms with Gasteiger partial charge in [-0.3, -0.25) is 0 Å². The standard InChI is InChI=1S/C46H31N3S/c1-2-15-33(16-3-1)47(40-22-12-14-32-13-4-5-17-37(32)40)36-29-30-39-38-18-6-7-19-41(38)48(44(39)31-36)34-25-27-35(28-26-34)49-42-20-8-10-23-45(42)50-46-24-11-9-21-43(46)49/h1-31H. The minimum Gasteiger partial charge on any atom is -0.310 e. The van der Waals surface area contributed by atoms with E-state index in [0.717, 1.165) is 28.4 Å². The molecule has 1 aliphatic heterocycles. The van der Waals surface area contributed by atoms with Crippen LogP contribution in [0, 0.1) is 0 Å². The number of nitrogens with zero attached hydrogens (tertiary/aromatic N) is 3. The first kappa shape index (κ1) is 28.8. The summed E-state index contributed by atoms with van der Waals surface area (Å²) in [5.41, 5.74) is 10.4. The van der Waals surface area contributed by atoms with E-state index in [1.807, 2.05) is 11.8 Å².